The molecular weight excluding hydrogens is 238 g/mol. The maximum atomic E-state index is 5.16. The Hall–Kier alpha value is -1.68. The first-order valence-corrected chi connectivity index (χ1v) is 6.67. The predicted octanol–water partition coefficient (Wildman–Crippen LogP) is 2.79. The molecule has 0 amide bonds. The van der Waals surface area contributed by atoms with E-state index in [1.165, 1.54) is 11.1 Å². The Morgan fingerprint density at radius 3 is 2.89 bits per heavy atom. The van der Waals surface area contributed by atoms with Crippen molar-refractivity contribution in [2.45, 2.75) is 39.8 Å². The Bertz CT molecular complexity index is 589. The molecule has 100 valence electrons. The summed E-state index contributed by atoms with van der Waals surface area (Å²) in [6.07, 6.45) is 1.10. The lowest BCUT2D eigenvalue weighted by atomic mass is 9.85. The van der Waals surface area contributed by atoms with E-state index < -0.39 is 0 Å². The first-order chi connectivity index (χ1) is 9.06. The number of hydrogen-bond acceptors (Lipinski definition) is 4. The minimum atomic E-state index is 0.207. The van der Waals surface area contributed by atoms with Gasteiger partial charge in [0.15, 0.2) is 5.82 Å². The molecule has 0 fully saturated rings. The molecule has 3 rings (SSSR count). The van der Waals surface area contributed by atoms with E-state index in [1.807, 2.05) is 6.92 Å². The van der Waals surface area contributed by atoms with Crippen LogP contribution < -0.4 is 5.32 Å². The second-order valence-corrected chi connectivity index (χ2v) is 5.91. The van der Waals surface area contributed by atoms with Gasteiger partial charge in [-0.1, -0.05) is 43.3 Å². The Kier molecular flexibility index (Phi) is 2.90. The Morgan fingerprint density at radius 2 is 2.16 bits per heavy atom. The smallest absolute Gasteiger partial charge is 0.240 e. The molecule has 1 aromatic carbocycles. The fourth-order valence-corrected chi connectivity index (χ4v) is 2.98. The molecule has 1 atom stereocenters. The minimum absolute atomic E-state index is 0.207. The van der Waals surface area contributed by atoms with Gasteiger partial charge in [-0.25, -0.2) is 0 Å². The van der Waals surface area contributed by atoms with Crippen LogP contribution in [0.25, 0.3) is 0 Å². The van der Waals surface area contributed by atoms with Gasteiger partial charge in [0.05, 0.1) is 6.54 Å². The number of benzene rings is 1. The molecular formula is C15H19N3O. The van der Waals surface area contributed by atoms with Gasteiger partial charge in [-0.3, -0.25) is 0 Å². The summed E-state index contributed by atoms with van der Waals surface area (Å²) < 4.78 is 5.16. The van der Waals surface area contributed by atoms with E-state index in [1.54, 1.807) is 0 Å². The number of nitrogens with zero attached hydrogens (tertiary/aromatic N) is 2. The summed E-state index contributed by atoms with van der Waals surface area (Å²) in [4.78, 5) is 4.24. The molecule has 19 heavy (non-hydrogen) atoms. The summed E-state index contributed by atoms with van der Waals surface area (Å²) in [5.74, 6) is 1.33. The van der Waals surface area contributed by atoms with Crippen LogP contribution in [0.15, 0.2) is 28.8 Å². The molecule has 4 nitrogen and oxygen atoms in total. The minimum Gasteiger partial charge on any atom is -0.338 e. The zero-order chi connectivity index (χ0) is 13.5. The molecule has 0 spiro atoms. The second kappa shape index (κ2) is 4.46. The normalized spacial score (nSPS) is 20.5. The molecule has 1 heterocycles. The third kappa shape index (κ3) is 2.28. The quantitative estimate of drug-likeness (QED) is 0.918. The van der Waals surface area contributed by atoms with Crippen molar-refractivity contribution in [1.82, 2.24) is 15.5 Å². The highest BCUT2D eigenvalue weighted by Crippen LogP contribution is 2.44. The summed E-state index contributed by atoms with van der Waals surface area (Å²) in [6.45, 7) is 7.04. The summed E-state index contributed by atoms with van der Waals surface area (Å²) in [7, 11) is 0. The number of fused-ring (bicyclic) bond motifs is 1. The fourth-order valence-electron chi connectivity index (χ4n) is 2.98. The molecule has 0 radical (unpaired) electrons. The Labute approximate surface area is 113 Å². The van der Waals surface area contributed by atoms with Crippen molar-refractivity contribution in [1.29, 1.82) is 0 Å². The Morgan fingerprint density at radius 1 is 1.37 bits per heavy atom. The van der Waals surface area contributed by atoms with Crippen molar-refractivity contribution in [3.63, 3.8) is 0 Å². The maximum Gasteiger partial charge on any atom is 0.240 e. The highest BCUT2D eigenvalue weighted by molar-refractivity contribution is 5.37. The lowest BCUT2D eigenvalue weighted by molar-refractivity contribution is 0.255. The third-order valence-electron chi connectivity index (χ3n) is 3.82. The SMILES string of the molecule is Cc1noc(CNC2c3ccccc3CC2(C)C)n1. The van der Waals surface area contributed by atoms with Crippen molar-refractivity contribution in [3.8, 4) is 0 Å². The van der Waals surface area contributed by atoms with Gasteiger partial charge in [0.25, 0.3) is 0 Å². The molecule has 2 aromatic rings. The molecule has 1 aromatic heterocycles. The van der Waals surface area contributed by atoms with Crippen LogP contribution in [0.3, 0.4) is 0 Å². The van der Waals surface area contributed by atoms with Crippen LogP contribution in [0.5, 0.6) is 0 Å². The lowest BCUT2D eigenvalue weighted by Gasteiger charge is -2.28. The number of hydrogen-bond donors (Lipinski definition) is 1. The van der Waals surface area contributed by atoms with Crippen LogP contribution in [-0.2, 0) is 13.0 Å². The molecule has 4 heteroatoms. The van der Waals surface area contributed by atoms with Gasteiger partial charge in [-0.2, -0.15) is 4.98 Å². The monoisotopic (exact) mass is 257 g/mol. The van der Waals surface area contributed by atoms with E-state index in [9.17, 15) is 0 Å². The van der Waals surface area contributed by atoms with E-state index >= 15 is 0 Å². The molecule has 1 N–H and O–H groups in total. The largest absolute Gasteiger partial charge is 0.338 e. The number of aryl methyl sites for hydroxylation is 1. The van der Waals surface area contributed by atoms with Crippen LogP contribution >= 0.6 is 0 Å². The molecule has 0 bridgehead atoms. The molecule has 0 saturated carbocycles. The summed E-state index contributed by atoms with van der Waals surface area (Å²) in [6, 6.07) is 8.97. The zero-order valence-corrected chi connectivity index (χ0v) is 11.6. The highest BCUT2D eigenvalue weighted by atomic mass is 16.5. The van der Waals surface area contributed by atoms with Gasteiger partial charge in [0.2, 0.25) is 5.89 Å². The molecule has 0 aliphatic heterocycles. The zero-order valence-electron chi connectivity index (χ0n) is 11.6. The van der Waals surface area contributed by atoms with Crippen LogP contribution in [0.2, 0.25) is 0 Å². The lowest BCUT2D eigenvalue weighted by Crippen LogP contribution is -2.30. The second-order valence-electron chi connectivity index (χ2n) is 5.91. The average molecular weight is 257 g/mol. The van der Waals surface area contributed by atoms with Gasteiger partial charge in [0.1, 0.15) is 0 Å². The summed E-state index contributed by atoms with van der Waals surface area (Å²) >= 11 is 0. The fraction of sp³-hybridized carbons (Fsp3) is 0.467. The average Bonchev–Trinajstić information content (AvgIpc) is 2.87. The van der Waals surface area contributed by atoms with Crippen LogP contribution in [0.1, 0.15) is 42.7 Å². The number of nitrogens with one attached hydrogen (secondary N) is 1. The van der Waals surface area contributed by atoms with Gasteiger partial charge >= 0.3 is 0 Å². The van der Waals surface area contributed by atoms with Gasteiger partial charge in [-0.15, -0.1) is 0 Å². The number of rotatable bonds is 3. The molecule has 1 aliphatic carbocycles. The summed E-state index contributed by atoms with van der Waals surface area (Å²) in [5, 5.41) is 7.38. The standard InChI is InChI=1S/C15H19N3O/c1-10-17-13(19-18-10)9-16-14-12-7-5-4-6-11(12)8-15(14,2)3/h4-7,14,16H,8-9H2,1-3H3. The molecule has 0 saturated heterocycles. The van der Waals surface area contributed by atoms with E-state index in [4.69, 9.17) is 4.52 Å². The highest BCUT2D eigenvalue weighted by Gasteiger charge is 2.38. The maximum absolute atomic E-state index is 5.16. The molecule has 1 unspecified atom stereocenters. The van der Waals surface area contributed by atoms with E-state index in [-0.39, 0.29) is 5.41 Å². The van der Waals surface area contributed by atoms with Crippen LogP contribution in [0.4, 0.5) is 0 Å². The van der Waals surface area contributed by atoms with Crippen LogP contribution in [-0.4, -0.2) is 10.1 Å². The van der Waals surface area contributed by atoms with E-state index in [2.05, 4.69) is 53.6 Å². The Balaban J connectivity index is 1.79. The van der Waals surface area contributed by atoms with Gasteiger partial charge in [-0.05, 0) is 29.9 Å². The topological polar surface area (TPSA) is 51.0 Å². The van der Waals surface area contributed by atoms with E-state index in [0.717, 1.165) is 6.42 Å². The van der Waals surface area contributed by atoms with Crippen molar-refractivity contribution < 1.29 is 4.52 Å². The van der Waals surface area contributed by atoms with Crippen molar-refractivity contribution in [3.05, 3.63) is 47.1 Å². The molecule has 1 aliphatic rings. The van der Waals surface area contributed by atoms with Crippen molar-refractivity contribution in [2.75, 3.05) is 0 Å². The van der Waals surface area contributed by atoms with Gasteiger partial charge < -0.3 is 9.84 Å². The number of aromatic nitrogens is 2. The van der Waals surface area contributed by atoms with Crippen LogP contribution in [0, 0.1) is 12.3 Å². The van der Waals surface area contributed by atoms with Crippen molar-refractivity contribution in [2.24, 2.45) is 5.41 Å². The van der Waals surface area contributed by atoms with Crippen molar-refractivity contribution >= 4 is 0 Å². The predicted molar refractivity (Wildman–Crippen MR) is 72.5 cm³/mol. The first kappa shape index (κ1) is 12.4. The van der Waals surface area contributed by atoms with E-state index in [0.29, 0.717) is 24.3 Å². The summed E-state index contributed by atoms with van der Waals surface area (Å²) in [5.41, 5.74) is 3.04. The third-order valence-corrected chi connectivity index (χ3v) is 3.82. The first-order valence-electron chi connectivity index (χ1n) is 6.67. The van der Waals surface area contributed by atoms with Gasteiger partial charge in [0, 0.05) is 6.04 Å².